The molecule has 0 saturated heterocycles. The number of nitrogens with one attached hydrogen (secondary N) is 1. The van der Waals surface area contributed by atoms with Crippen LogP contribution in [0.1, 0.15) is 67.0 Å². The van der Waals surface area contributed by atoms with Gasteiger partial charge in [-0.25, -0.2) is 14.6 Å². The van der Waals surface area contributed by atoms with Crippen molar-refractivity contribution in [1.82, 2.24) is 9.55 Å². The lowest BCUT2D eigenvalue weighted by Crippen LogP contribution is -2.20. The summed E-state index contributed by atoms with van der Waals surface area (Å²) in [7, 11) is 2.45. The average Bonchev–Trinajstić information content (AvgIpc) is 3.31. The molecule has 0 bridgehead atoms. The van der Waals surface area contributed by atoms with E-state index in [0.29, 0.717) is 32.8 Å². The van der Waals surface area contributed by atoms with Crippen LogP contribution in [0.25, 0.3) is 10.2 Å². The number of methoxy groups -OCH3 is 2. The number of unbranched alkanes of at least 4 members (excludes halogenated alkanes) is 2. The molecule has 3 rings (SSSR count). The maximum Gasteiger partial charge on any atom is 0.348 e. The second-order valence-electron chi connectivity index (χ2n) is 7.38. The Balaban J connectivity index is 2.00. The number of esters is 2. The molecule has 0 aliphatic rings. The largest absolute Gasteiger partial charge is 0.465 e. The van der Waals surface area contributed by atoms with Gasteiger partial charge in [-0.1, -0.05) is 19.8 Å². The molecular formula is C22H25N3O6S2. The third kappa shape index (κ3) is 4.69. The van der Waals surface area contributed by atoms with Gasteiger partial charge in [0.2, 0.25) is 0 Å². The number of aromatic nitrogens is 2. The standard InChI is InChI=1S/C22H25N3O6S2/c1-6-7-8-9-25-10-23-18-13(20(25)27)11(2)15(32-18)17(26)24-19-14(21(28)30-4)12(3)16(33-19)22(29)31-5/h10H,6-9H2,1-5H3,(H,24,26). The summed E-state index contributed by atoms with van der Waals surface area (Å²) in [5.74, 6) is -1.80. The minimum Gasteiger partial charge on any atom is -0.465 e. The second kappa shape index (κ2) is 10.3. The fraction of sp³-hybridized carbons (Fsp3) is 0.409. The molecule has 0 radical (unpaired) electrons. The molecule has 0 aliphatic heterocycles. The summed E-state index contributed by atoms with van der Waals surface area (Å²) in [6.07, 6.45) is 4.44. The fourth-order valence-electron chi connectivity index (χ4n) is 3.46. The highest BCUT2D eigenvalue weighted by Crippen LogP contribution is 2.35. The van der Waals surface area contributed by atoms with Crippen molar-refractivity contribution < 1.29 is 23.9 Å². The van der Waals surface area contributed by atoms with Gasteiger partial charge in [-0.2, -0.15) is 0 Å². The summed E-state index contributed by atoms with van der Waals surface area (Å²) < 4.78 is 11.2. The van der Waals surface area contributed by atoms with Crippen LogP contribution >= 0.6 is 22.7 Å². The SMILES string of the molecule is CCCCCn1cnc2sc(C(=O)Nc3sc(C(=O)OC)c(C)c3C(=O)OC)c(C)c2c1=O. The number of hydrogen-bond acceptors (Lipinski definition) is 9. The molecule has 3 heterocycles. The molecule has 3 aromatic rings. The second-order valence-corrected chi connectivity index (χ2v) is 9.40. The van der Waals surface area contributed by atoms with Crippen LogP contribution in [0.2, 0.25) is 0 Å². The van der Waals surface area contributed by atoms with Gasteiger partial charge >= 0.3 is 11.9 Å². The molecule has 0 unspecified atom stereocenters. The van der Waals surface area contributed by atoms with Crippen LogP contribution in [-0.2, 0) is 16.0 Å². The molecule has 0 atom stereocenters. The van der Waals surface area contributed by atoms with Crippen molar-refractivity contribution in [2.45, 2.75) is 46.6 Å². The summed E-state index contributed by atoms with van der Waals surface area (Å²) in [6, 6.07) is 0. The number of anilines is 1. The highest BCUT2D eigenvalue weighted by atomic mass is 32.1. The molecule has 1 amide bonds. The number of nitrogens with zero attached hydrogens (tertiary/aromatic N) is 2. The summed E-state index contributed by atoms with van der Waals surface area (Å²) >= 11 is 2.04. The van der Waals surface area contributed by atoms with Crippen molar-refractivity contribution in [3.05, 3.63) is 43.1 Å². The number of fused-ring (bicyclic) bond motifs is 1. The van der Waals surface area contributed by atoms with E-state index in [1.807, 2.05) is 0 Å². The number of thiophene rings is 2. The molecular weight excluding hydrogens is 466 g/mol. The normalized spacial score (nSPS) is 10.9. The molecule has 0 saturated carbocycles. The Morgan fingerprint density at radius 1 is 1.03 bits per heavy atom. The van der Waals surface area contributed by atoms with Crippen molar-refractivity contribution >= 4 is 55.7 Å². The number of rotatable bonds is 8. The van der Waals surface area contributed by atoms with Crippen LogP contribution in [0, 0.1) is 13.8 Å². The van der Waals surface area contributed by atoms with E-state index in [9.17, 15) is 19.2 Å². The van der Waals surface area contributed by atoms with Crippen LogP contribution in [-0.4, -0.2) is 41.6 Å². The van der Waals surface area contributed by atoms with Crippen LogP contribution in [0.15, 0.2) is 11.1 Å². The molecule has 9 nitrogen and oxygen atoms in total. The van der Waals surface area contributed by atoms with Crippen molar-refractivity contribution in [3.8, 4) is 0 Å². The first kappa shape index (κ1) is 24.6. The zero-order valence-electron chi connectivity index (χ0n) is 19.1. The van der Waals surface area contributed by atoms with Gasteiger partial charge in [-0.05, 0) is 31.4 Å². The quantitative estimate of drug-likeness (QED) is 0.372. The molecule has 1 N–H and O–H groups in total. The molecule has 33 heavy (non-hydrogen) atoms. The third-order valence-corrected chi connectivity index (χ3v) is 7.65. The monoisotopic (exact) mass is 491 g/mol. The van der Waals surface area contributed by atoms with Crippen molar-refractivity contribution in [1.29, 1.82) is 0 Å². The van der Waals surface area contributed by atoms with Gasteiger partial charge in [-0.15, -0.1) is 22.7 Å². The van der Waals surface area contributed by atoms with Gasteiger partial charge in [0.1, 0.15) is 14.7 Å². The van der Waals surface area contributed by atoms with Crippen LogP contribution < -0.4 is 10.9 Å². The molecule has 0 aromatic carbocycles. The fourth-order valence-corrected chi connectivity index (χ4v) is 5.61. The number of ether oxygens (including phenoxy) is 2. The van der Waals surface area contributed by atoms with Gasteiger partial charge in [0.25, 0.3) is 11.5 Å². The van der Waals surface area contributed by atoms with E-state index in [2.05, 4.69) is 17.2 Å². The number of hydrogen-bond donors (Lipinski definition) is 1. The Labute approximate surface area is 198 Å². The molecule has 3 aromatic heterocycles. The highest BCUT2D eigenvalue weighted by Gasteiger charge is 2.28. The maximum absolute atomic E-state index is 13.1. The van der Waals surface area contributed by atoms with Crippen LogP contribution in [0.4, 0.5) is 5.00 Å². The summed E-state index contributed by atoms with van der Waals surface area (Å²) in [4.78, 5) is 55.9. The van der Waals surface area contributed by atoms with E-state index in [0.717, 1.165) is 41.9 Å². The van der Waals surface area contributed by atoms with Crippen molar-refractivity contribution in [2.75, 3.05) is 19.5 Å². The first-order valence-electron chi connectivity index (χ1n) is 10.3. The Morgan fingerprint density at radius 2 is 1.73 bits per heavy atom. The van der Waals surface area contributed by atoms with E-state index in [-0.39, 0.29) is 21.0 Å². The Morgan fingerprint density at radius 3 is 2.36 bits per heavy atom. The first-order valence-corrected chi connectivity index (χ1v) is 12.0. The molecule has 0 aliphatic carbocycles. The number of carbonyl (C=O) groups is 3. The zero-order chi connectivity index (χ0) is 24.3. The maximum atomic E-state index is 13.1. The van der Waals surface area contributed by atoms with E-state index in [4.69, 9.17) is 9.47 Å². The Bertz CT molecular complexity index is 1290. The van der Waals surface area contributed by atoms with E-state index in [1.54, 1.807) is 18.4 Å². The van der Waals surface area contributed by atoms with Crippen LogP contribution in [0.5, 0.6) is 0 Å². The van der Waals surface area contributed by atoms with Gasteiger partial charge in [0, 0.05) is 6.54 Å². The Kier molecular flexibility index (Phi) is 7.65. The lowest BCUT2D eigenvalue weighted by Gasteiger charge is -2.06. The lowest BCUT2D eigenvalue weighted by atomic mass is 10.1. The summed E-state index contributed by atoms with van der Waals surface area (Å²) in [5, 5.41) is 3.29. The van der Waals surface area contributed by atoms with E-state index >= 15 is 0 Å². The molecule has 0 fully saturated rings. The predicted octanol–water partition coefficient (Wildman–Crippen LogP) is 4.15. The summed E-state index contributed by atoms with van der Waals surface area (Å²) in [6.45, 7) is 5.95. The highest BCUT2D eigenvalue weighted by molar-refractivity contribution is 7.21. The van der Waals surface area contributed by atoms with Crippen molar-refractivity contribution in [3.63, 3.8) is 0 Å². The third-order valence-electron chi connectivity index (χ3n) is 5.26. The number of carbonyl (C=O) groups excluding carboxylic acids is 3. The molecule has 11 heteroatoms. The van der Waals surface area contributed by atoms with Crippen molar-refractivity contribution in [2.24, 2.45) is 0 Å². The summed E-state index contributed by atoms with van der Waals surface area (Å²) in [5.41, 5.74) is 0.792. The minimum atomic E-state index is -0.682. The zero-order valence-corrected chi connectivity index (χ0v) is 20.7. The Hall–Kier alpha value is -3.05. The molecule has 0 spiro atoms. The molecule has 176 valence electrons. The predicted molar refractivity (Wildman–Crippen MR) is 128 cm³/mol. The van der Waals surface area contributed by atoms with Crippen LogP contribution in [0.3, 0.4) is 0 Å². The van der Waals surface area contributed by atoms with Gasteiger partial charge in [0.05, 0.1) is 36.4 Å². The van der Waals surface area contributed by atoms with E-state index in [1.165, 1.54) is 20.5 Å². The number of amides is 1. The van der Waals surface area contributed by atoms with Gasteiger partial charge < -0.3 is 14.8 Å². The van der Waals surface area contributed by atoms with E-state index < -0.39 is 17.8 Å². The average molecular weight is 492 g/mol. The lowest BCUT2D eigenvalue weighted by molar-refractivity contribution is 0.0601. The number of aryl methyl sites for hydroxylation is 2. The topological polar surface area (TPSA) is 117 Å². The minimum absolute atomic E-state index is 0.0893. The van der Waals surface area contributed by atoms with Gasteiger partial charge in [-0.3, -0.25) is 14.2 Å². The smallest absolute Gasteiger partial charge is 0.348 e. The van der Waals surface area contributed by atoms with Gasteiger partial charge in [0.15, 0.2) is 0 Å². The first-order chi connectivity index (χ1) is 15.7.